The SMILES string of the molecule is COc1ccc(C#Cc2cccc(-n3cnn(CC(=CF)CNC(=O)O)c3=O)n2)cn1. The van der Waals surface area contributed by atoms with E-state index in [1.165, 1.54) is 18.0 Å². The summed E-state index contributed by atoms with van der Waals surface area (Å²) in [5.74, 6) is 6.58. The standard InChI is InChI=1S/C20H17FN6O4/c1-31-18-8-6-14(10-22-18)5-7-16-3-2-4-17(25-16)26-13-24-27(20(26)30)12-15(9-21)11-23-19(28)29/h2-4,6,8-10,13,23H,11-12H2,1H3,(H,28,29). The molecule has 1 amide bonds. The molecule has 0 aliphatic rings. The summed E-state index contributed by atoms with van der Waals surface area (Å²) < 4.78 is 20.2. The quantitative estimate of drug-likeness (QED) is 0.573. The molecule has 0 aliphatic carbocycles. The second-order valence-corrected chi connectivity index (χ2v) is 6.09. The summed E-state index contributed by atoms with van der Waals surface area (Å²) >= 11 is 0. The van der Waals surface area contributed by atoms with Crippen molar-refractivity contribution in [2.45, 2.75) is 6.54 Å². The van der Waals surface area contributed by atoms with Gasteiger partial charge in [0.25, 0.3) is 0 Å². The van der Waals surface area contributed by atoms with Gasteiger partial charge in [0.2, 0.25) is 5.88 Å². The lowest BCUT2D eigenvalue weighted by molar-refractivity contribution is 0.195. The van der Waals surface area contributed by atoms with Crippen LogP contribution in [-0.2, 0) is 6.54 Å². The van der Waals surface area contributed by atoms with Gasteiger partial charge in [-0.1, -0.05) is 12.0 Å². The minimum atomic E-state index is -1.30. The number of carboxylic acid groups (broad SMARTS) is 1. The Hall–Kier alpha value is -4.46. The minimum Gasteiger partial charge on any atom is -0.481 e. The first kappa shape index (κ1) is 21.3. The highest BCUT2D eigenvalue weighted by Gasteiger charge is 2.11. The lowest BCUT2D eigenvalue weighted by atomic mass is 10.2. The van der Waals surface area contributed by atoms with Crippen LogP contribution in [0.3, 0.4) is 0 Å². The number of nitrogens with one attached hydrogen (secondary N) is 1. The first-order chi connectivity index (χ1) is 15.0. The highest BCUT2D eigenvalue weighted by Crippen LogP contribution is 2.07. The molecule has 0 saturated heterocycles. The number of halogens is 1. The Morgan fingerprint density at radius 2 is 2.16 bits per heavy atom. The predicted octanol–water partition coefficient (Wildman–Crippen LogP) is 1.35. The van der Waals surface area contributed by atoms with E-state index in [2.05, 4.69) is 26.9 Å². The fourth-order valence-corrected chi connectivity index (χ4v) is 2.45. The van der Waals surface area contributed by atoms with E-state index in [-0.39, 0.29) is 30.8 Å². The van der Waals surface area contributed by atoms with E-state index in [0.717, 1.165) is 4.68 Å². The number of pyridine rings is 2. The van der Waals surface area contributed by atoms with Gasteiger partial charge >= 0.3 is 11.8 Å². The fraction of sp³-hybridized carbons (Fsp3) is 0.150. The van der Waals surface area contributed by atoms with Crippen LogP contribution in [0, 0.1) is 11.8 Å². The number of hydrogen-bond donors (Lipinski definition) is 2. The average molecular weight is 424 g/mol. The molecule has 0 unspecified atom stereocenters. The molecule has 0 bridgehead atoms. The Morgan fingerprint density at radius 3 is 2.84 bits per heavy atom. The number of hydrogen-bond acceptors (Lipinski definition) is 6. The summed E-state index contributed by atoms with van der Waals surface area (Å²) in [5, 5.41) is 14.6. The van der Waals surface area contributed by atoms with Crippen molar-refractivity contribution in [3.8, 4) is 23.5 Å². The molecule has 10 nitrogen and oxygen atoms in total. The highest BCUT2D eigenvalue weighted by molar-refractivity contribution is 5.64. The number of aromatic nitrogens is 5. The molecule has 31 heavy (non-hydrogen) atoms. The minimum absolute atomic E-state index is 0.0374. The molecule has 0 saturated carbocycles. The maximum Gasteiger partial charge on any atom is 0.404 e. The van der Waals surface area contributed by atoms with Crippen molar-refractivity contribution in [1.29, 1.82) is 0 Å². The lowest BCUT2D eigenvalue weighted by Gasteiger charge is -2.05. The molecule has 0 aliphatic heterocycles. The van der Waals surface area contributed by atoms with Crippen molar-refractivity contribution in [3.05, 3.63) is 76.5 Å². The molecule has 3 aromatic rings. The first-order valence-electron chi connectivity index (χ1n) is 8.89. The van der Waals surface area contributed by atoms with E-state index in [4.69, 9.17) is 9.84 Å². The van der Waals surface area contributed by atoms with Gasteiger partial charge < -0.3 is 15.2 Å². The first-order valence-corrected chi connectivity index (χ1v) is 8.89. The fourth-order valence-electron chi connectivity index (χ4n) is 2.45. The molecule has 0 spiro atoms. The average Bonchev–Trinajstić information content (AvgIpc) is 3.15. The van der Waals surface area contributed by atoms with Crippen LogP contribution in [0.4, 0.5) is 9.18 Å². The molecular formula is C20H17FN6O4. The van der Waals surface area contributed by atoms with Gasteiger partial charge in [-0.15, -0.1) is 0 Å². The van der Waals surface area contributed by atoms with Gasteiger partial charge in [0.15, 0.2) is 0 Å². The Kier molecular flexibility index (Phi) is 6.74. The largest absolute Gasteiger partial charge is 0.481 e. The van der Waals surface area contributed by atoms with Gasteiger partial charge in [0, 0.05) is 24.4 Å². The van der Waals surface area contributed by atoms with E-state index >= 15 is 0 Å². The van der Waals surface area contributed by atoms with Crippen LogP contribution in [-0.4, -0.2) is 49.2 Å². The Bertz CT molecular complexity index is 1220. The van der Waals surface area contributed by atoms with Gasteiger partial charge in [-0.25, -0.2) is 33.2 Å². The van der Waals surface area contributed by atoms with Gasteiger partial charge in [-0.3, -0.25) is 0 Å². The van der Waals surface area contributed by atoms with Crippen LogP contribution in [0.15, 0.2) is 59.6 Å². The summed E-state index contributed by atoms with van der Waals surface area (Å²) in [6.07, 6.45) is 1.75. The van der Waals surface area contributed by atoms with Crippen molar-refractivity contribution >= 4 is 6.09 Å². The van der Waals surface area contributed by atoms with Crippen molar-refractivity contribution < 1.29 is 19.0 Å². The summed E-state index contributed by atoms with van der Waals surface area (Å²) in [6, 6.07) is 8.42. The smallest absolute Gasteiger partial charge is 0.404 e. The summed E-state index contributed by atoms with van der Waals surface area (Å²) in [4.78, 5) is 31.6. The number of methoxy groups -OCH3 is 1. The Labute approximate surface area is 175 Å². The normalized spacial score (nSPS) is 10.8. The molecule has 0 atom stereocenters. The zero-order valence-corrected chi connectivity index (χ0v) is 16.3. The summed E-state index contributed by atoms with van der Waals surface area (Å²) in [6.45, 7) is -0.485. The second kappa shape index (κ2) is 9.84. The van der Waals surface area contributed by atoms with Gasteiger partial charge in [-0.2, -0.15) is 5.10 Å². The van der Waals surface area contributed by atoms with Gasteiger partial charge in [0.1, 0.15) is 17.8 Å². The molecule has 0 aromatic carbocycles. The van der Waals surface area contributed by atoms with Crippen LogP contribution in [0.25, 0.3) is 5.82 Å². The molecule has 0 radical (unpaired) electrons. The molecule has 3 aromatic heterocycles. The number of amides is 1. The van der Waals surface area contributed by atoms with Crippen molar-refractivity contribution in [2.75, 3.05) is 13.7 Å². The molecule has 3 heterocycles. The monoisotopic (exact) mass is 424 g/mol. The van der Waals surface area contributed by atoms with Crippen LogP contribution >= 0.6 is 0 Å². The number of nitrogens with zero attached hydrogens (tertiary/aromatic N) is 5. The zero-order valence-electron chi connectivity index (χ0n) is 16.3. The molecule has 0 fully saturated rings. The topological polar surface area (TPSA) is 124 Å². The molecular weight excluding hydrogens is 407 g/mol. The van der Waals surface area contributed by atoms with E-state index in [9.17, 15) is 14.0 Å². The van der Waals surface area contributed by atoms with E-state index in [1.54, 1.807) is 36.5 Å². The molecule has 158 valence electrons. The van der Waals surface area contributed by atoms with E-state index in [1.807, 2.05) is 5.32 Å². The Balaban J connectivity index is 1.79. The summed E-state index contributed by atoms with van der Waals surface area (Å²) in [7, 11) is 1.52. The van der Waals surface area contributed by atoms with Crippen molar-refractivity contribution in [1.82, 2.24) is 29.6 Å². The van der Waals surface area contributed by atoms with E-state index in [0.29, 0.717) is 17.1 Å². The lowest BCUT2D eigenvalue weighted by Crippen LogP contribution is -2.29. The molecule has 2 N–H and O–H groups in total. The van der Waals surface area contributed by atoms with Crippen LogP contribution < -0.4 is 15.7 Å². The zero-order chi connectivity index (χ0) is 22.2. The predicted molar refractivity (Wildman–Crippen MR) is 108 cm³/mol. The molecule has 11 heteroatoms. The second-order valence-electron chi connectivity index (χ2n) is 6.09. The number of rotatable bonds is 6. The third kappa shape index (κ3) is 5.54. The van der Waals surface area contributed by atoms with E-state index < -0.39 is 11.8 Å². The number of ether oxygens (including phenoxy) is 1. The third-order valence-corrected chi connectivity index (χ3v) is 3.97. The highest BCUT2D eigenvalue weighted by atomic mass is 19.1. The molecule has 3 rings (SSSR count). The maximum atomic E-state index is 13.0. The van der Waals surface area contributed by atoms with Crippen LogP contribution in [0.1, 0.15) is 11.3 Å². The third-order valence-electron chi connectivity index (χ3n) is 3.97. The van der Waals surface area contributed by atoms with Crippen molar-refractivity contribution in [3.63, 3.8) is 0 Å². The van der Waals surface area contributed by atoms with Gasteiger partial charge in [0.05, 0.1) is 20.0 Å². The van der Waals surface area contributed by atoms with Crippen molar-refractivity contribution in [2.24, 2.45) is 0 Å². The Morgan fingerprint density at radius 1 is 1.32 bits per heavy atom. The number of carbonyl (C=O) groups is 1. The van der Waals surface area contributed by atoms with Crippen LogP contribution in [0.2, 0.25) is 0 Å². The summed E-state index contributed by atoms with van der Waals surface area (Å²) in [5.41, 5.74) is 0.559. The van der Waals surface area contributed by atoms with Crippen LogP contribution in [0.5, 0.6) is 5.88 Å². The van der Waals surface area contributed by atoms with Gasteiger partial charge in [-0.05, 0) is 29.7 Å². The maximum absolute atomic E-state index is 13.0.